The first kappa shape index (κ1) is 54.2. The number of rotatable bonds is 45. The third-order valence-electron chi connectivity index (χ3n) is 10.9. The van der Waals surface area contributed by atoms with Gasteiger partial charge in [-0.05, 0) is 19.3 Å². The smallest absolute Gasteiger partial charge is 0.387 e. The molecule has 0 saturated carbocycles. The number of carbonyl (C=O) groups excluding carboxylic acids is 1. The molecular formula is C46H93N2O6P. The van der Waals surface area contributed by atoms with Crippen LogP contribution < -0.4 is 11.1 Å². The monoisotopic (exact) mass is 801 g/mol. The molecule has 328 valence electrons. The second kappa shape index (κ2) is 42.8. The largest absolute Gasteiger partial charge is 0.472 e. The maximum absolute atomic E-state index is 12.8. The number of unbranched alkanes of at least 4 members (excludes halogenated alkanes) is 33. The fraction of sp³-hybridized carbons (Fsp3) is 0.935. The lowest BCUT2D eigenvalue weighted by Crippen LogP contribution is -2.45. The molecule has 0 aromatic heterocycles. The van der Waals surface area contributed by atoms with Gasteiger partial charge in [-0.2, -0.15) is 0 Å². The van der Waals surface area contributed by atoms with Crippen LogP contribution in [0.4, 0.5) is 0 Å². The van der Waals surface area contributed by atoms with Crippen molar-refractivity contribution < 1.29 is 28.4 Å². The van der Waals surface area contributed by atoms with Gasteiger partial charge in [0.2, 0.25) is 5.91 Å². The van der Waals surface area contributed by atoms with Gasteiger partial charge in [0, 0.05) is 13.0 Å². The molecule has 0 bridgehead atoms. The van der Waals surface area contributed by atoms with Crippen molar-refractivity contribution in [1.29, 1.82) is 0 Å². The van der Waals surface area contributed by atoms with Crippen LogP contribution in [-0.4, -0.2) is 47.8 Å². The van der Waals surface area contributed by atoms with E-state index in [-0.39, 0.29) is 25.7 Å². The van der Waals surface area contributed by atoms with E-state index in [9.17, 15) is 19.4 Å². The van der Waals surface area contributed by atoms with Gasteiger partial charge in [-0.25, -0.2) is 4.57 Å². The summed E-state index contributed by atoms with van der Waals surface area (Å²) in [6.07, 6.45) is 48.4. The highest BCUT2D eigenvalue weighted by Gasteiger charge is 2.26. The first-order chi connectivity index (χ1) is 26.9. The molecule has 0 aromatic carbocycles. The first-order valence-electron chi connectivity index (χ1n) is 23.8. The van der Waals surface area contributed by atoms with E-state index in [4.69, 9.17) is 14.8 Å². The zero-order valence-corrected chi connectivity index (χ0v) is 37.3. The van der Waals surface area contributed by atoms with E-state index >= 15 is 0 Å². The van der Waals surface area contributed by atoms with Gasteiger partial charge in [-0.15, -0.1) is 0 Å². The molecule has 0 aromatic rings. The molecule has 0 radical (unpaired) electrons. The zero-order valence-electron chi connectivity index (χ0n) is 36.4. The van der Waals surface area contributed by atoms with Crippen LogP contribution in [0.2, 0.25) is 0 Å². The first-order valence-corrected chi connectivity index (χ1v) is 25.3. The van der Waals surface area contributed by atoms with Gasteiger partial charge >= 0.3 is 7.82 Å². The number of nitrogens with one attached hydrogen (secondary N) is 1. The van der Waals surface area contributed by atoms with Gasteiger partial charge in [0.25, 0.3) is 0 Å². The number of hydrogen-bond acceptors (Lipinski definition) is 6. The minimum atomic E-state index is -4.34. The zero-order chi connectivity index (χ0) is 40.3. The molecule has 8 nitrogen and oxygen atoms in total. The van der Waals surface area contributed by atoms with E-state index < -0.39 is 20.0 Å². The topological polar surface area (TPSA) is 131 Å². The van der Waals surface area contributed by atoms with Crippen LogP contribution >= 0.6 is 7.82 Å². The lowest BCUT2D eigenvalue weighted by atomic mass is 10.0. The van der Waals surface area contributed by atoms with Crippen LogP contribution in [0.5, 0.6) is 0 Å². The molecule has 0 saturated heterocycles. The highest BCUT2D eigenvalue weighted by Crippen LogP contribution is 2.43. The van der Waals surface area contributed by atoms with Crippen molar-refractivity contribution in [2.45, 2.75) is 257 Å². The number of phosphoric ester groups is 1. The van der Waals surface area contributed by atoms with E-state index in [0.29, 0.717) is 6.42 Å². The second-order valence-corrected chi connectivity index (χ2v) is 17.8. The minimum Gasteiger partial charge on any atom is -0.387 e. The van der Waals surface area contributed by atoms with Gasteiger partial charge in [0.05, 0.1) is 25.4 Å². The van der Waals surface area contributed by atoms with E-state index in [1.54, 1.807) is 6.08 Å². The summed E-state index contributed by atoms with van der Waals surface area (Å²) in [5.74, 6) is -0.190. The Morgan fingerprint density at radius 2 is 0.927 bits per heavy atom. The third kappa shape index (κ3) is 41.2. The van der Waals surface area contributed by atoms with Crippen LogP contribution in [0.1, 0.15) is 245 Å². The highest BCUT2D eigenvalue weighted by molar-refractivity contribution is 7.47. The van der Waals surface area contributed by atoms with Gasteiger partial charge in [-0.3, -0.25) is 13.8 Å². The Morgan fingerprint density at radius 3 is 1.29 bits per heavy atom. The lowest BCUT2D eigenvalue weighted by Gasteiger charge is -2.23. The van der Waals surface area contributed by atoms with Crippen LogP contribution in [0.25, 0.3) is 0 Å². The Balaban J connectivity index is 4.11. The summed E-state index contributed by atoms with van der Waals surface area (Å²) in [6.45, 7) is 4.17. The summed E-state index contributed by atoms with van der Waals surface area (Å²) in [5.41, 5.74) is 5.38. The molecule has 1 amide bonds. The maximum Gasteiger partial charge on any atom is 0.472 e. The number of carbonyl (C=O) groups is 1. The number of amides is 1. The highest BCUT2D eigenvalue weighted by atomic mass is 31.2. The number of nitrogens with two attached hydrogens (primary N) is 1. The minimum absolute atomic E-state index is 0.0815. The molecule has 0 rings (SSSR count). The molecule has 0 fully saturated rings. The number of phosphoric acid groups is 1. The standard InChI is InChI=1S/C46H93N2O6P/c1-3-5-7-9-11-13-15-17-19-20-21-22-23-24-26-27-29-31-33-35-37-39-45(49)44(43-54-55(51,52)53-42-41-47)48-46(50)40-38-36-34-32-30-28-25-18-16-14-12-10-8-6-4-2/h37,39,44-45,49H,3-36,38,40-43,47H2,1-2H3,(H,48,50)(H,51,52)/b39-37+. The fourth-order valence-electron chi connectivity index (χ4n) is 7.25. The Morgan fingerprint density at radius 1 is 0.582 bits per heavy atom. The summed E-state index contributed by atoms with van der Waals surface area (Å²) in [5, 5.41) is 13.7. The second-order valence-electron chi connectivity index (χ2n) is 16.3. The Kier molecular flexibility index (Phi) is 42.2. The van der Waals surface area contributed by atoms with Crippen molar-refractivity contribution in [2.75, 3.05) is 19.8 Å². The molecule has 9 heteroatoms. The summed E-state index contributed by atoms with van der Waals surface area (Å²) in [4.78, 5) is 22.7. The van der Waals surface area contributed by atoms with E-state index in [2.05, 4.69) is 19.2 Å². The summed E-state index contributed by atoms with van der Waals surface area (Å²) in [6, 6.07) is -0.854. The van der Waals surface area contributed by atoms with Gasteiger partial charge in [0.15, 0.2) is 0 Å². The molecule has 0 aliphatic carbocycles. The summed E-state index contributed by atoms with van der Waals surface area (Å²) < 4.78 is 22.2. The Labute approximate surface area is 341 Å². The van der Waals surface area contributed by atoms with Crippen molar-refractivity contribution in [2.24, 2.45) is 5.73 Å². The fourth-order valence-corrected chi connectivity index (χ4v) is 8.01. The van der Waals surface area contributed by atoms with Crippen molar-refractivity contribution in [3.63, 3.8) is 0 Å². The average Bonchev–Trinajstić information content (AvgIpc) is 3.17. The van der Waals surface area contributed by atoms with Crippen molar-refractivity contribution >= 4 is 13.7 Å². The molecule has 0 aliphatic rings. The number of allylic oxidation sites excluding steroid dienone is 1. The number of aliphatic hydroxyl groups excluding tert-OH is 1. The van der Waals surface area contributed by atoms with Crippen molar-refractivity contribution in [3.05, 3.63) is 12.2 Å². The van der Waals surface area contributed by atoms with Crippen molar-refractivity contribution in [3.8, 4) is 0 Å². The normalized spacial score (nSPS) is 14.1. The van der Waals surface area contributed by atoms with Crippen LogP contribution in [0.3, 0.4) is 0 Å². The molecule has 3 unspecified atom stereocenters. The predicted octanol–water partition coefficient (Wildman–Crippen LogP) is 13.6. The average molecular weight is 801 g/mol. The summed E-state index contributed by atoms with van der Waals surface area (Å²) in [7, 11) is -4.34. The molecule has 0 aliphatic heterocycles. The molecule has 0 heterocycles. The lowest BCUT2D eigenvalue weighted by molar-refractivity contribution is -0.123. The molecule has 0 spiro atoms. The summed E-state index contributed by atoms with van der Waals surface area (Å²) >= 11 is 0. The quantitative estimate of drug-likeness (QED) is 0.0274. The molecule has 5 N–H and O–H groups in total. The molecule has 3 atom stereocenters. The van der Waals surface area contributed by atoms with Crippen molar-refractivity contribution in [1.82, 2.24) is 5.32 Å². The van der Waals surface area contributed by atoms with Gasteiger partial charge in [-0.1, -0.05) is 231 Å². The van der Waals surface area contributed by atoms with Gasteiger partial charge < -0.3 is 21.1 Å². The molecular weight excluding hydrogens is 707 g/mol. The Bertz CT molecular complexity index is 875. The van der Waals surface area contributed by atoms with E-state index in [1.807, 2.05) is 6.08 Å². The number of hydrogen-bond donors (Lipinski definition) is 4. The van der Waals surface area contributed by atoms with E-state index in [1.165, 1.54) is 186 Å². The SMILES string of the molecule is CCCCCCCCCCCCCCCCCCCCC/C=C/C(O)C(COP(=O)(O)OCCN)NC(=O)CCCCCCCCCCCCCCCCC. The molecule has 55 heavy (non-hydrogen) atoms. The predicted molar refractivity (Wildman–Crippen MR) is 235 cm³/mol. The van der Waals surface area contributed by atoms with E-state index in [0.717, 1.165) is 38.5 Å². The third-order valence-corrected chi connectivity index (χ3v) is 11.8. The maximum atomic E-state index is 12.8. The number of aliphatic hydroxyl groups is 1. The Hall–Kier alpha value is -0.760. The van der Waals surface area contributed by atoms with Crippen LogP contribution in [0, 0.1) is 0 Å². The van der Waals surface area contributed by atoms with Crippen LogP contribution in [0.15, 0.2) is 12.2 Å². The van der Waals surface area contributed by atoms with Crippen LogP contribution in [-0.2, 0) is 18.4 Å². The van der Waals surface area contributed by atoms with Gasteiger partial charge in [0.1, 0.15) is 0 Å².